The van der Waals surface area contributed by atoms with Gasteiger partial charge in [0.15, 0.2) is 0 Å². The summed E-state index contributed by atoms with van der Waals surface area (Å²) >= 11 is 0. The second kappa shape index (κ2) is 25.4. The summed E-state index contributed by atoms with van der Waals surface area (Å²) in [5, 5.41) is 0. The molecular formula is MnNdNiTiV. The first-order valence-electron chi connectivity index (χ1n) is 0. The van der Waals surface area contributed by atoms with Gasteiger partial charge in [-0.15, -0.1) is 0 Å². The summed E-state index contributed by atoms with van der Waals surface area (Å²) in [5.41, 5.74) is 0. The molecule has 0 nitrogen and oxygen atoms in total. The average molecular weight is 357 g/mol. The smallest absolute Gasteiger partial charge is 0 e. The van der Waals surface area contributed by atoms with Gasteiger partial charge in [0.25, 0.3) is 0 Å². The van der Waals surface area contributed by atoms with E-state index < -0.39 is 0 Å². The van der Waals surface area contributed by atoms with Crippen LogP contribution in [0.15, 0.2) is 0 Å². The van der Waals surface area contributed by atoms with Crippen molar-refractivity contribution < 1.29 is 115 Å². The normalized spacial score (nSPS) is 0. The van der Waals surface area contributed by atoms with E-state index in [0.717, 1.165) is 0 Å². The van der Waals surface area contributed by atoms with Crippen LogP contribution >= 0.6 is 0 Å². The van der Waals surface area contributed by atoms with Crippen LogP contribution in [0.1, 0.15) is 0 Å². The Labute approximate surface area is 112 Å². The third-order valence-corrected chi connectivity index (χ3v) is 0. The van der Waals surface area contributed by atoms with E-state index in [1.807, 2.05) is 0 Å². The van der Waals surface area contributed by atoms with Crippen LogP contribution in [-0.2, 0) is 73.8 Å². The van der Waals surface area contributed by atoms with Gasteiger partial charge in [-0.2, -0.15) is 0 Å². The molecule has 0 atom stereocenters. The largest absolute Gasteiger partial charge is 0 e. The summed E-state index contributed by atoms with van der Waals surface area (Å²) in [6.45, 7) is 0. The molecular weight excluding hydrogens is 357 g/mol. The summed E-state index contributed by atoms with van der Waals surface area (Å²) in [6, 6.07) is 0. The van der Waals surface area contributed by atoms with Crippen LogP contribution in [0.3, 0.4) is 0 Å². The zero-order chi connectivity index (χ0) is 0. The topological polar surface area (TPSA) is 0 Å². The molecule has 0 aliphatic heterocycles. The van der Waals surface area contributed by atoms with Gasteiger partial charge in [-0.05, 0) is 0 Å². The molecule has 0 saturated carbocycles. The van der Waals surface area contributed by atoms with Gasteiger partial charge in [-0.25, -0.2) is 0 Å². The Balaban J connectivity index is 0. The fourth-order valence-electron chi connectivity index (χ4n) is 0. The van der Waals surface area contributed by atoms with Crippen LogP contribution in [0.2, 0.25) is 0 Å². The first kappa shape index (κ1) is 37.9. The monoisotopic (exact) mass is 354 g/mol. The molecule has 30 valence electrons. The van der Waals surface area contributed by atoms with E-state index in [9.17, 15) is 0 Å². The molecule has 0 heterocycles. The van der Waals surface area contributed by atoms with Crippen molar-refractivity contribution in [3.8, 4) is 0 Å². The summed E-state index contributed by atoms with van der Waals surface area (Å²) in [6.07, 6.45) is 0. The predicted molar refractivity (Wildman–Crippen MR) is 0 cm³/mol. The van der Waals surface area contributed by atoms with Crippen molar-refractivity contribution in [2.75, 3.05) is 0 Å². The molecule has 2 radical (unpaired) electrons. The number of hydrogen-bond donors (Lipinski definition) is 0. The van der Waals surface area contributed by atoms with Gasteiger partial charge in [0.05, 0.1) is 0 Å². The number of hydrogen-bond acceptors (Lipinski definition) is 0. The van der Waals surface area contributed by atoms with E-state index in [2.05, 4.69) is 0 Å². The van der Waals surface area contributed by atoms with Gasteiger partial charge in [0, 0.05) is 115 Å². The first-order valence-corrected chi connectivity index (χ1v) is 0. The number of rotatable bonds is 0. The second-order valence-electron chi connectivity index (χ2n) is 0. The molecule has 0 N–H and O–H groups in total. The van der Waals surface area contributed by atoms with Crippen molar-refractivity contribution in [2.24, 2.45) is 0 Å². The summed E-state index contributed by atoms with van der Waals surface area (Å²) in [4.78, 5) is 0. The minimum atomic E-state index is 0. The Bertz CT molecular complexity index is 11.6. The molecule has 0 aliphatic carbocycles. The van der Waals surface area contributed by atoms with E-state index in [0.29, 0.717) is 0 Å². The molecule has 0 fully saturated rings. The summed E-state index contributed by atoms with van der Waals surface area (Å²) in [5.74, 6) is 0. The van der Waals surface area contributed by atoms with Gasteiger partial charge in [0.1, 0.15) is 0 Å². The fraction of sp³-hybridized carbons (Fsp3) is 0. The Morgan fingerprint density at radius 1 is 1.00 bits per heavy atom. The molecule has 0 aromatic carbocycles. The molecule has 5 heavy (non-hydrogen) atoms. The first-order chi connectivity index (χ1) is 0. The minimum Gasteiger partial charge on any atom is 0 e. The van der Waals surface area contributed by atoms with Gasteiger partial charge >= 0.3 is 0 Å². The van der Waals surface area contributed by atoms with Crippen molar-refractivity contribution in [1.29, 1.82) is 0 Å². The van der Waals surface area contributed by atoms with Gasteiger partial charge in [-0.3, -0.25) is 0 Å². The molecule has 0 saturated heterocycles. The average Bonchev–Trinajstić information content (AvgIpc) is 0. The molecule has 0 rings (SSSR count). The second-order valence-corrected chi connectivity index (χ2v) is 0. The quantitative estimate of drug-likeness (QED) is 0.536. The summed E-state index contributed by atoms with van der Waals surface area (Å²) < 4.78 is 0. The maximum Gasteiger partial charge on any atom is 0 e. The Hall–Kier alpha value is 3.66. The fourth-order valence-corrected chi connectivity index (χ4v) is 0. The minimum absolute atomic E-state index is 0. The Kier molecular flexibility index (Phi) is 192. The van der Waals surface area contributed by atoms with Crippen LogP contribution in [0, 0.1) is 40.8 Å². The molecule has 0 bridgehead atoms. The third-order valence-electron chi connectivity index (χ3n) is 0. The molecule has 0 unspecified atom stereocenters. The predicted octanol–water partition coefficient (Wildman–Crippen LogP) is -0.0100. The van der Waals surface area contributed by atoms with E-state index >= 15 is 0 Å². The molecule has 5 heteroatoms. The van der Waals surface area contributed by atoms with Gasteiger partial charge in [-0.1, -0.05) is 0 Å². The standard InChI is InChI=1S/Mn.Nd.Ni.Ti.V. The van der Waals surface area contributed by atoms with Gasteiger partial charge < -0.3 is 0 Å². The van der Waals surface area contributed by atoms with Crippen LogP contribution < -0.4 is 0 Å². The van der Waals surface area contributed by atoms with Gasteiger partial charge in [0.2, 0.25) is 0 Å². The zero-order valence-corrected chi connectivity index (χ0v) is 10.5. The van der Waals surface area contributed by atoms with E-state index in [4.69, 9.17) is 0 Å². The van der Waals surface area contributed by atoms with E-state index in [-0.39, 0.29) is 115 Å². The molecule has 0 spiro atoms. The Morgan fingerprint density at radius 3 is 1.00 bits per heavy atom. The molecule has 0 amide bonds. The summed E-state index contributed by atoms with van der Waals surface area (Å²) in [7, 11) is 0. The van der Waals surface area contributed by atoms with Crippen LogP contribution in [0.25, 0.3) is 0 Å². The van der Waals surface area contributed by atoms with Crippen molar-refractivity contribution in [2.45, 2.75) is 0 Å². The van der Waals surface area contributed by atoms with Crippen molar-refractivity contribution in [1.82, 2.24) is 0 Å². The van der Waals surface area contributed by atoms with Crippen LogP contribution in [0.4, 0.5) is 0 Å². The van der Waals surface area contributed by atoms with E-state index in [1.165, 1.54) is 0 Å². The Morgan fingerprint density at radius 2 is 1.00 bits per heavy atom. The van der Waals surface area contributed by atoms with Crippen LogP contribution in [0.5, 0.6) is 0 Å². The molecule has 0 aliphatic rings. The van der Waals surface area contributed by atoms with Crippen molar-refractivity contribution in [3.05, 3.63) is 0 Å². The SMILES string of the molecule is [Mn].[Nd].[Ni].[Ti].[V]. The van der Waals surface area contributed by atoms with Crippen LogP contribution in [-0.4, -0.2) is 0 Å². The maximum absolute atomic E-state index is 0. The van der Waals surface area contributed by atoms with E-state index in [1.54, 1.807) is 0 Å². The van der Waals surface area contributed by atoms with Crippen molar-refractivity contribution >= 4 is 0 Å². The third kappa shape index (κ3) is 18.3. The maximum atomic E-state index is 0. The zero-order valence-electron chi connectivity index (χ0n) is 2.14. The molecule has 0 aromatic heterocycles. The molecule has 0 aromatic rings. The van der Waals surface area contributed by atoms with Crippen molar-refractivity contribution in [3.63, 3.8) is 0 Å².